The molecular formula is C28H25NO2S2. The molecule has 0 bridgehead atoms. The Bertz CT molecular complexity index is 1370. The summed E-state index contributed by atoms with van der Waals surface area (Å²) in [4.78, 5) is 0.288. The molecule has 5 heteroatoms. The van der Waals surface area contributed by atoms with E-state index in [1.807, 2.05) is 67.6 Å². The molecular weight excluding hydrogens is 446 g/mol. The zero-order chi connectivity index (χ0) is 22.8. The molecule has 1 aliphatic carbocycles. The number of fused-ring (bicyclic) bond motifs is 3. The molecule has 0 heterocycles. The van der Waals surface area contributed by atoms with Gasteiger partial charge in [-0.25, -0.2) is 13.1 Å². The molecule has 4 aromatic rings. The minimum Gasteiger partial charge on any atom is -0.207 e. The van der Waals surface area contributed by atoms with E-state index in [4.69, 9.17) is 0 Å². The van der Waals surface area contributed by atoms with Crippen LogP contribution in [0.2, 0.25) is 0 Å². The molecule has 0 fully saturated rings. The first kappa shape index (κ1) is 22.0. The molecule has 4 aromatic carbocycles. The van der Waals surface area contributed by atoms with Gasteiger partial charge in [-0.15, -0.1) is 11.8 Å². The zero-order valence-corrected chi connectivity index (χ0v) is 19.9. The lowest BCUT2D eigenvalue weighted by Crippen LogP contribution is -2.34. The molecule has 0 spiro atoms. The first-order chi connectivity index (χ1) is 16.0. The van der Waals surface area contributed by atoms with Gasteiger partial charge in [0.25, 0.3) is 0 Å². The third kappa shape index (κ3) is 4.49. The summed E-state index contributed by atoms with van der Waals surface area (Å²) >= 11 is 1.78. The highest BCUT2D eigenvalue weighted by Gasteiger charge is 2.36. The predicted molar refractivity (Wildman–Crippen MR) is 137 cm³/mol. The minimum atomic E-state index is -3.70. The fraction of sp³-hybridized carbons (Fsp3) is 0.143. The van der Waals surface area contributed by atoms with Crippen LogP contribution in [0, 0.1) is 6.92 Å². The van der Waals surface area contributed by atoms with E-state index in [1.165, 1.54) is 11.1 Å². The van der Waals surface area contributed by atoms with E-state index in [9.17, 15) is 8.42 Å². The summed E-state index contributed by atoms with van der Waals surface area (Å²) in [5.41, 5.74) is 6.68. The Morgan fingerprint density at radius 1 is 0.727 bits per heavy atom. The van der Waals surface area contributed by atoms with Crippen molar-refractivity contribution in [1.82, 2.24) is 4.72 Å². The Balaban J connectivity index is 1.57. The number of hydrogen-bond donors (Lipinski definition) is 1. The Hall–Kier alpha value is -2.86. The molecule has 0 amide bonds. The quantitative estimate of drug-likeness (QED) is 0.342. The predicted octanol–water partition coefficient (Wildman–Crippen LogP) is 6.67. The molecule has 0 aliphatic heterocycles. The van der Waals surface area contributed by atoms with Crippen LogP contribution >= 0.6 is 11.8 Å². The van der Waals surface area contributed by atoms with Gasteiger partial charge in [0.2, 0.25) is 10.0 Å². The fourth-order valence-electron chi connectivity index (χ4n) is 4.37. The number of rotatable bonds is 6. The molecule has 2 atom stereocenters. The second-order valence-corrected chi connectivity index (χ2v) is 11.1. The first-order valence-corrected chi connectivity index (χ1v) is 13.5. The van der Waals surface area contributed by atoms with Crippen LogP contribution in [-0.2, 0) is 15.8 Å². The van der Waals surface area contributed by atoms with E-state index in [-0.39, 0.29) is 16.2 Å². The molecule has 0 saturated heterocycles. The molecule has 2 unspecified atom stereocenters. The SMILES string of the molecule is Cc1ccc(S(=O)(=O)NC2c3ccccc3-c3ccccc3C2SCc2ccccc2)cc1. The van der Waals surface area contributed by atoms with Gasteiger partial charge in [-0.05, 0) is 46.9 Å². The third-order valence-electron chi connectivity index (χ3n) is 6.04. The standard InChI is InChI=1S/C28H25NO2S2/c1-20-15-17-22(18-16-20)33(30,31)29-27-25-13-7-5-11-23(25)24-12-6-8-14-26(24)28(27)32-19-21-9-3-2-4-10-21/h2-18,27-29H,19H2,1H3. The van der Waals surface area contributed by atoms with Crippen molar-refractivity contribution in [3.63, 3.8) is 0 Å². The average molecular weight is 472 g/mol. The van der Waals surface area contributed by atoms with Gasteiger partial charge >= 0.3 is 0 Å². The molecule has 1 N–H and O–H groups in total. The van der Waals surface area contributed by atoms with Crippen LogP contribution in [0.4, 0.5) is 0 Å². The molecule has 1 aliphatic rings. The molecule has 0 saturated carbocycles. The Kier molecular flexibility index (Phi) is 6.11. The first-order valence-electron chi connectivity index (χ1n) is 11.0. The Morgan fingerprint density at radius 2 is 1.30 bits per heavy atom. The largest absolute Gasteiger partial charge is 0.241 e. The number of sulfonamides is 1. The highest BCUT2D eigenvalue weighted by molar-refractivity contribution is 7.98. The summed E-state index contributed by atoms with van der Waals surface area (Å²) in [6.07, 6.45) is 0. The van der Waals surface area contributed by atoms with Gasteiger partial charge in [0.15, 0.2) is 0 Å². The summed E-state index contributed by atoms with van der Waals surface area (Å²) in [7, 11) is -3.70. The van der Waals surface area contributed by atoms with Gasteiger partial charge in [0.1, 0.15) is 0 Å². The summed E-state index contributed by atoms with van der Waals surface area (Å²) in [6, 6.07) is 33.4. The topological polar surface area (TPSA) is 46.2 Å². The van der Waals surface area contributed by atoms with Crippen molar-refractivity contribution in [2.24, 2.45) is 0 Å². The molecule has 0 aromatic heterocycles. The van der Waals surface area contributed by atoms with E-state index in [2.05, 4.69) is 35.1 Å². The normalized spacial score (nSPS) is 17.2. The molecule has 33 heavy (non-hydrogen) atoms. The van der Waals surface area contributed by atoms with Crippen LogP contribution in [0.25, 0.3) is 11.1 Å². The monoisotopic (exact) mass is 471 g/mol. The number of aryl methyl sites for hydroxylation is 1. The van der Waals surface area contributed by atoms with Crippen LogP contribution in [0.5, 0.6) is 0 Å². The van der Waals surface area contributed by atoms with E-state index < -0.39 is 10.0 Å². The highest BCUT2D eigenvalue weighted by atomic mass is 32.2. The van der Waals surface area contributed by atoms with Gasteiger partial charge < -0.3 is 0 Å². The van der Waals surface area contributed by atoms with Crippen LogP contribution in [0.1, 0.15) is 33.5 Å². The number of thioether (sulfide) groups is 1. The minimum absolute atomic E-state index is 0.0588. The molecule has 166 valence electrons. The van der Waals surface area contributed by atoms with Crippen molar-refractivity contribution in [3.8, 4) is 11.1 Å². The van der Waals surface area contributed by atoms with Crippen molar-refractivity contribution >= 4 is 21.8 Å². The van der Waals surface area contributed by atoms with Crippen molar-refractivity contribution in [1.29, 1.82) is 0 Å². The maximum Gasteiger partial charge on any atom is 0.241 e. The van der Waals surface area contributed by atoms with Crippen LogP contribution in [0.3, 0.4) is 0 Å². The van der Waals surface area contributed by atoms with Gasteiger partial charge in [0.05, 0.1) is 16.2 Å². The summed E-state index contributed by atoms with van der Waals surface area (Å²) in [5.74, 6) is 0.796. The van der Waals surface area contributed by atoms with E-state index >= 15 is 0 Å². The van der Waals surface area contributed by atoms with E-state index in [0.717, 1.165) is 28.0 Å². The van der Waals surface area contributed by atoms with Crippen molar-refractivity contribution in [3.05, 3.63) is 125 Å². The van der Waals surface area contributed by atoms with Crippen LogP contribution < -0.4 is 4.72 Å². The lowest BCUT2D eigenvalue weighted by molar-refractivity contribution is 0.550. The Labute approximate surface area is 199 Å². The smallest absolute Gasteiger partial charge is 0.207 e. The number of nitrogens with one attached hydrogen (secondary N) is 1. The maximum atomic E-state index is 13.4. The summed E-state index contributed by atoms with van der Waals surface area (Å²) < 4.78 is 29.9. The van der Waals surface area contributed by atoms with E-state index in [0.29, 0.717) is 0 Å². The maximum absolute atomic E-state index is 13.4. The van der Waals surface area contributed by atoms with E-state index in [1.54, 1.807) is 23.9 Å². The van der Waals surface area contributed by atoms with Gasteiger partial charge in [0, 0.05) is 5.75 Å². The zero-order valence-electron chi connectivity index (χ0n) is 18.3. The van der Waals surface area contributed by atoms with Crippen molar-refractivity contribution < 1.29 is 8.42 Å². The third-order valence-corrected chi connectivity index (χ3v) is 8.88. The number of hydrogen-bond acceptors (Lipinski definition) is 3. The molecule has 0 radical (unpaired) electrons. The van der Waals surface area contributed by atoms with Crippen LogP contribution in [0.15, 0.2) is 108 Å². The highest BCUT2D eigenvalue weighted by Crippen LogP contribution is 2.51. The van der Waals surface area contributed by atoms with Gasteiger partial charge in [-0.1, -0.05) is 96.6 Å². The Morgan fingerprint density at radius 3 is 2.00 bits per heavy atom. The number of benzene rings is 4. The van der Waals surface area contributed by atoms with Crippen molar-refractivity contribution in [2.75, 3.05) is 0 Å². The lowest BCUT2D eigenvalue weighted by atomic mass is 9.82. The van der Waals surface area contributed by atoms with Gasteiger partial charge in [-0.2, -0.15) is 0 Å². The summed E-state index contributed by atoms with van der Waals surface area (Å²) in [5, 5.41) is -0.0588. The lowest BCUT2D eigenvalue weighted by Gasteiger charge is -2.35. The van der Waals surface area contributed by atoms with Crippen LogP contribution in [-0.4, -0.2) is 8.42 Å². The van der Waals surface area contributed by atoms with Gasteiger partial charge in [-0.3, -0.25) is 0 Å². The van der Waals surface area contributed by atoms with Crippen molar-refractivity contribution in [2.45, 2.75) is 28.9 Å². The summed E-state index contributed by atoms with van der Waals surface area (Å²) in [6.45, 7) is 1.95. The molecule has 5 rings (SSSR count). The average Bonchev–Trinajstić information content (AvgIpc) is 2.84. The fourth-order valence-corrected chi connectivity index (χ4v) is 7.04. The second-order valence-electron chi connectivity index (χ2n) is 8.30. The second kappa shape index (κ2) is 9.18. The molecule has 3 nitrogen and oxygen atoms in total.